The summed E-state index contributed by atoms with van der Waals surface area (Å²) in [5.41, 5.74) is 0. The van der Waals surface area contributed by atoms with Gasteiger partial charge in [0.25, 0.3) is 0 Å². The second-order valence-electron chi connectivity index (χ2n) is 5.46. The lowest BCUT2D eigenvalue weighted by molar-refractivity contribution is 0.138. The van der Waals surface area contributed by atoms with E-state index < -0.39 is 0 Å². The van der Waals surface area contributed by atoms with Gasteiger partial charge in [0.15, 0.2) is 0 Å². The molecule has 1 heterocycles. The van der Waals surface area contributed by atoms with Crippen molar-refractivity contribution in [2.75, 3.05) is 40.4 Å². The predicted molar refractivity (Wildman–Crippen MR) is 68.7 cm³/mol. The van der Waals surface area contributed by atoms with Crippen molar-refractivity contribution in [2.45, 2.75) is 32.7 Å². The zero-order chi connectivity index (χ0) is 12.0. The Morgan fingerprint density at radius 1 is 1.31 bits per heavy atom. The van der Waals surface area contributed by atoms with Crippen molar-refractivity contribution in [1.29, 1.82) is 0 Å². The first-order valence-corrected chi connectivity index (χ1v) is 6.54. The summed E-state index contributed by atoms with van der Waals surface area (Å²) in [6.45, 7) is 8.99. The maximum Gasteiger partial charge on any atom is 0.0618 e. The summed E-state index contributed by atoms with van der Waals surface area (Å²) in [6, 6.07) is 0.504. The molecule has 1 N–H and O–H groups in total. The second-order valence-corrected chi connectivity index (χ2v) is 5.46. The Bertz CT molecular complexity index is 177. The van der Waals surface area contributed by atoms with Crippen LogP contribution in [-0.4, -0.2) is 51.3 Å². The molecule has 0 aromatic heterocycles. The maximum absolute atomic E-state index is 5.25. The molecule has 0 radical (unpaired) electrons. The Kier molecular flexibility index (Phi) is 6.32. The van der Waals surface area contributed by atoms with Gasteiger partial charge < -0.3 is 15.0 Å². The number of hydrogen-bond donors (Lipinski definition) is 1. The number of hydrogen-bond acceptors (Lipinski definition) is 3. The van der Waals surface area contributed by atoms with Gasteiger partial charge in [0.1, 0.15) is 0 Å². The van der Waals surface area contributed by atoms with Crippen LogP contribution in [0.2, 0.25) is 0 Å². The summed E-state index contributed by atoms with van der Waals surface area (Å²) in [7, 11) is 4.00. The van der Waals surface area contributed by atoms with E-state index in [4.69, 9.17) is 4.74 Å². The van der Waals surface area contributed by atoms with Crippen molar-refractivity contribution < 1.29 is 4.74 Å². The molecule has 16 heavy (non-hydrogen) atoms. The van der Waals surface area contributed by atoms with Gasteiger partial charge in [0, 0.05) is 13.2 Å². The molecule has 1 aliphatic rings. The number of rotatable bonds is 6. The monoisotopic (exact) mass is 228 g/mol. The fraction of sp³-hybridized carbons (Fsp3) is 1.00. The zero-order valence-corrected chi connectivity index (χ0v) is 11.3. The van der Waals surface area contributed by atoms with Crippen LogP contribution in [0.25, 0.3) is 0 Å². The summed E-state index contributed by atoms with van der Waals surface area (Å²) in [5.74, 6) is 1.50. The summed E-state index contributed by atoms with van der Waals surface area (Å²) >= 11 is 0. The highest BCUT2D eigenvalue weighted by molar-refractivity contribution is 4.76. The molecule has 0 aromatic carbocycles. The van der Waals surface area contributed by atoms with Gasteiger partial charge in [-0.25, -0.2) is 0 Å². The molecule has 0 aromatic rings. The minimum absolute atomic E-state index is 0.504. The zero-order valence-electron chi connectivity index (χ0n) is 11.3. The average molecular weight is 228 g/mol. The topological polar surface area (TPSA) is 24.5 Å². The fourth-order valence-corrected chi connectivity index (χ4v) is 2.25. The molecule has 0 aliphatic carbocycles. The third-order valence-electron chi connectivity index (χ3n) is 3.66. The van der Waals surface area contributed by atoms with Crippen LogP contribution in [0.1, 0.15) is 26.7 Å². The smallest absolute Gasteiger partial charge is 0.0618 e. The first-order chi connectivity index (χ1) is 7.63. The van der Waals surface area contributed by atoms with Gasteiger partial charge in [-0.3, -0.25) is 0 Å². The van der Waals surface area contributed by atoms with E-state index in [-0.39, 0.29) is 0 Å². The van der Waals surface area contributed by atoms with Crippen LogP contribution in [0.3, 0.4) is 0 Å². The second kappa shape index (κ2) is 7.25. The van der Waals surface area contributed by atoms with Crippen LogP contribution < -0.4 is 5.32 Å². The molecule has 1 saturated heterocycles. The van der Waals surface area contributed by atoms with Crippen molar-refractivity contribution in [3.05, 3.63) is 0 Å². The molecule has 1 aliphatic heterocycles. The fourth-order valence-electron chi connectivity index (χ4n) is 2.25. The molecule has 0 bridgehead atoms. The molecule has 1 rings (SSSR count). The molecule has 3 nitrogen and oxygen atoms in total. The number of likely N-dealkylation sites (tertiary alicyclic amines) is 1. The van der Waals surface area contributed by atoms with Gasteiger partial charge in [-0.15, -0.1) is 0 Å². The van der Waals surface area contributed by atoms with Gasteiger partial charge in [0.2, 0.25) is 0 Å². The number of methoxy groups -OCH3 is 1. The van der Waals surface area contributed by atoms with Gasteiger partial charge in [-0.05, 0) is 51.4 Å². The summed E-state index contributed by atoms with van der Waals surface area (Å²) in [6.07, 6.45) is 2.67. The van der Waals surface area contributed by atoms with E-state index in [0.717, 1.165) is 19.1 Å². The molecule has 96 valence electrons. The molecule has 0 spiro atoms. The van der Waals surface area contributed by atoms with Crippen LogP contribution in [0.5, 0.6) is 0 Å². The minimum atomic E-state index is 0.504. The predicted octanol–water partition coefficient (Wildman–Crippen LogP) is 1.59. The van der Waals surface area contributed by atoms with Crippen molar-refractivity contribution in [2.24, 2.45) is 11.8 Å². The van der Waals surface area contributed by atoms with Crippen LogP contribution >= 0.6 is 0 Å². The van der Waals surface area contributed by atoms with Crippen LogP contribution in [-0.2, 0) is 4.74 Å². The molecule has 1 unspecified atom stereocenters. The van der Waals surface area contributed by atoms with Crippen LogP contribution in [0.4, 0.5) is 0 Å². The molecule has 1 fully saturated rings. The van der Waals surface area contributed by atoms with E-state index in [1.807, 2.05) is 0 Å². The van der Waals surface area contributed by atoms with Crippen molar-refractivity contribution >= 4 is 0 Å². The van der Waals surface area contributed by atoms with Crippen molar-refractivity contribution in [3.8, 4) is 0 Å². The highest BCUT2D eigenvalue weighted by atomic mass is 16.5. The SMILES string of the molecule is COCC(NCC1CCN(C)CC1)C(C)C. The normalized spacial score (nSPS) is 21.6. The molecular formula is C13H28N2O. The Labute approximate surface area is 101 Å². The van der Waals surface area contributed by atoms with Gasteiger partial charge in [-0.2, -0.15) is 0 Å². The first-order valence-electron chi connectivity index (χ1n) is 6.54. The standard InChI is InChI=1S/C13H28N2O/c1-11(2)13(10-16-4)14-9-12-5-7-15(3)8-6-12/h11-14H,5-10H2,1-4H3. The van der Waals surface area contributed by atoms with E-state index in [1.54, 1.807) is 7.11 Å². The Balaban J connectivity index is 2.21. The minimum Gasteiger partial charge on any atom is -0.383 e. The largest absolute Gasteiger partial charge is 0.383 e. The van der Waals surface area contributed by atoms with E-state index in [0.29, 0.717) is 12.0 Å². The van der Waals surface area contributed by atoms with Gasteiger partial charge in [0.05, 0.1) is 6.61 Å². The first kappa shape index (κ1) is 13.9. The number of nitrogens with zero attached hydrogens (tertiary/aromatic N) is 1. The maximum atomic E-state index is 5.25. The van der Waals surface area contributed by atoms with Crippen LogP contribution in [0.15, 0.2) is 0 Å². The van der Waals surface area contributed by atoms with Gasteiger partial charge >= 0.3 is 0 Å². The molecule has 3 heteroatoms. The van der Waals surface area contributed by atoms with Crippen LogP contribution in [0, 0.1) is 11.8 Å². The molecule has 0 amide bonds. The lowest BCUT2D eigenvalue weighted by Crippen LogP contribution is -2.42. The number of piperidine rings is 1. The van der Waals surface area contributed by atoms with Crippen molar-refractivity contribution in [1.82, 2.24) is 10.2 Å². The summed E-state index contributed by atoms with van der Waals surface area (Å²) in [4.78, 5) is 2.42. The van der Waals surface area contributed by atoms with Gasteiger partial charge in [-0.1, -0.05) is 13.8 Å². The summed E-state index contributed by atoms with van der Waals surface area (Å²) in [5, 5.41) is 3.66. The van der Waals surface area contributed by atoms with E-state index in [2.05, 4.69) is 31.1 Å². The Morgan fingerprint density at radius 3 is 2.44 bits per heavy atom. The Hall–Kier alpha value is -0.120. The third-order valence-corrected chi connectivity index (χ3v) is 3.66. The lowest BCUT2D eigenvalue weighted by Gasteiger charge is -2.31. The third kappa shape index (κ3) is 4.81. The Morgan fingerprint density at radius 2 is 1.94 bits per heavy atom. The lowest BCUT2D eigenvalue weighted by atomic mass is 9.96. The number of ether oxygens (including phenoxy) is 1. The quantitative estimate of drug-likeness (QED) is 0.747. The van der Waals surface area contributed by atoms with Crippen molar-refractivity contribution in [3.63, 3.8) is 0 Å². The number of nitrogens with one attached hydrogen (secondary N) is 1. The highest BCUT2D eigenvalue weighted by Crippen LogP contribution is 2.15. The van der Waals surface area contributed by atoms with E-state index >= 15 is 0 Å². The average Bonchev–Trinajstić information content (AvgIpc) is 2.26. The van der Waals surface area contributed by atoms with E-state index in [9.17, 15) is 0 Å². The molecule has 1 atom stereocenters. The molecule has 0 saturated carbocycles. The van der Waals surface area contributed by atoms with E-state index in [1.165, 1.54) is 25.9 Å². The molecular weight excluding hydrogens is 200 g/mol. The summed E-state index contributed by atoms with van der Waals surface area (Å²) < 4.78 is 5.25. The highest BCUT2D eigenvalue weighted by Gasteiger charge is 2.19.